The molecule has 1 spiro atoms. The van der Waals surface area contributed by atoms with Gasteiger partial charge >= 0.3 is 6.18 Å². The molecule has 3 aliphatic rings. The van der Waals surface area contributed by atoms with E-state index in [9.17, 15) is 18.0 Å². The number of hydrogen-bond donors (Lipinski definition) is 0. The molecule has 0 aromatic rings. The van der Waals surface area contributed by atoms with Crippen molar-refractivity contribution in [3.05, 3.63) is 0 Å². The van der Waals surface area contributed by atoms with E-state index in [1.807, 2.05) is 0 Å². The summed E-state index contributed by atoms with van der Waals surface area (Å²) < 4.78 is 73.7. The number of ketones is 1. The highest BCUT2D eigenvalue weighted by Gasteiger charge is 2.71. The lowest BCUT2D eigenvalue weighted by molar-refractivity contribution is -0.174. The van der Waals surface area contributed by atoms with E-state index in [4.69, 9.17) is 17.0 Å². The van der Waals surface area contributed by atoms with Gasteiger partial charge in [-0.15, -0.1) is 0 Å². The average molecular weight is 340 g/mol. The molecule has 1 saturated carbocycles. The summed E-state index contributed by atoms with van der Waals surface area (Å²) in [4.78, 5) is 12.4. The molecule has 2 saturated heterocycles. The fraction of sp³-hybridized carbons (Fsp3) is 0.933. The van der Waals surface area contributed by atoms with Gasteiger partial charge in [0.2, 0.25) is 0 Å². The van der Waals surface area contributed by atoms with Gasteiger partial charge in [0.05, 0.1) is 20.0 Å². The van der Waals surface area contributed by atoms with Gasteiger partial charge in [0.1, 0.15) is 23.9 Å². The van der Waals surface area contributed by atoms with Gasteiger partial charge in [-0.05, 0) is 19.8 Å². The molecule has 2 aliphatic heterocycles. The molecule has 5 nitrogen and oxygen atoms in total. The Morgan fingerprint density at radius 1 is 1.52 bits per heavy atom. The van der Waals surface area contributed by atoms with Crippen LogP contribution < -0.4 is 0 Å². The van der Waals surface area contributed by atoms with E-state index in [1.165, 1.54) is 7.11 Å². The van der Waals surface area contributed by atoms with Gasteiger partial charge in [0.15, 0.2) is 5.78 Å². The second-order valence-corrected chi connectivity index (χ2v) is 6.37. The Labute approximate surface area is 135 Å². The minimum atomic E-state index is -4.38. The number of halogens is 3. The molecule has 0 N–H and O–H groups in total. The van der Waals surface area contributed by atoms with Crippen LogP contribution >= 0.6 is 0 Å². The Morgan fingerprint density at radius 2 is 2.22 bits per heavy atom. The van der Waals surface area contributed by atoms with Crippen LogP contribution in [0.2, 0.25) is 0 Å². The lowest BCUT2D eigenvalue weighted by Gasteiger charge is -2.37. The molecule has 1 aliphatic carbocycles. The third-order valence-corrected chi connectivity index (χ3v) is 4.74. The largest absolute Gasteiger partial charge is 0.411 e. The van der Waals surface area contributed by atoms with Crippen molar-refractivity contribution < 1.29 is 39.7 Å². The highest BCUT2D eigenvalue weighted by molar-refractivity contribution is 5.85. The molecule has 23 heavy (non-hydrogen) atoms. The number of carbonyl (C=O) groups is 1. The normalized spacial score (nSPS) is 50.7. The van der Waals surface area contributed by atoms with Crippen molar-refractivity contribution in [2.24, 2.45) is 5.92 Å². The molecule has 3 rings (SSSR count). The maximum Gasteiger partial charge on any atom is 0.411 e. The molecular weight excluding hydrogens is 317 g/mol. The van der Waals surface area contributed by atoms with E-state index >= 15 is 0 Å². The summed E-state index contributed by atoms with van der Waals surface area (Å²) in [7, 11) is 1.24. The second kappa shape index (κ2) is 5.68. The number of epoxide rings is 2. The molecule has 0 radical (unpaired) electrons. The summed E-state index contributed by atoms with van der Waals surface area (Å²) in [5.41, 5.74) is -1.76. The van der Waals surface area contributed by atoms with Crippen LogP contribution in [-0.2, 0) is 23.7 Å². The van der Waals surface area contributed by atoms with E-state index in [-0.39, 0.29) is 19.4 Å². The third-order valence-electron chi connectivity index (χ3n) is 4.74. The summed E-state index contributed by atoms with van der Waals surface area (Å²) in [6, 6.07) is 0. The van der Waals surface area contributed by atoms with Crippen molar-refractivity contribution in [2.75, 3.05) is 26.9 Å². The van der Waals surface area contributed by atoms with Gasteiger partial charge < -0.3 is 18.9 Å². The SMILES string of the molecule is [2H]C1C[C@]2(CO2)[C@@H](C2(C)O[C@@H]2CCOCC(F)(F)F)[C@]([2H])(OC)C1=O. The van der Waals surface area contributed by atoms with Crippen molar-refractivity contribution in [3.8, 4) is 0 Å². The maximum atomic E-state index is 12.4. The first-order valence-electron chi connectivity index (χ1n) is 8.54. The quantitative estimate of drug-likeness (QED) is 0.546. The van der Waals surface area contributed by atoms with Crippen molar-refractivity contribution in [1.29, 1.82) is 0 Å². The Balaban J connectivity index is 1.68. The lowest BCUT2D eigenvalue weighted by Crippen LogP contribution is -2.53. The van der Waals surface area contributed by atoms with Gasteiger partial charge in [-0.2, -0.15) is 13.2 Å². The van der Waals surface area contributed by atoms with E-state index < -0.39 is 54.3 Å². The summed E-state index contributed by atoms with van der Waals surface area (Å²) >= 11 is 0. The Morgan fingerprint density at radius 3 is 2.78 bits per heavy atom. The molecule has 0 aromatic carbocycles. The zero-order valence-electron chi connectivity index (χ0n) is 14.9. The summed E-state index contributed by atoms with van der Waals surface area (Å²) in [5, 5.41) is 0. The third kappa shape index (κ3) is 3.26. The number of carbonyl (C=O) groups excluding carboxylic acids is 1. The van der Waals surface area contributed by atoms with Crippen LogP contribution in [0.15, 0.2) is 0 Å². The first kappa shape index (κ1) is 14.6. The smallest absolute Gasteiger partial charge is 0.373 e. The van der Waals surface area contributed by atoms with Crippen molar-refractivity contribution in [3.63, 3.8) is 0 Å². The molecular formula is C15H21F3O5. The molecule has 2 heterocycles. The zero-order valence-corrected chi connectivity index (χ0v) is 12.9. The maximum absolute atomic E-state index is 12.4. The molecule has 0 amide bonds. The molecule has 0 aromatic heterocycles. The molecule has 132 valence electrons. The number of Topliss-reactive ketones (excluding diaryl/α,β-unsaturated/α-hetero) is 1. The van der Waals surface area contributed by atoms with Crippen molar-refractivity contribution >= 4 is 5.78 Å². The van der Waals surface area contributed by atoms with Gasteiger partial charge in [-0.3, -0.25) is 4.79 Å². The van der Waals surface area contributed by atoms with Crippen LogP contribution in [0, 0.1) is 5.92 Å². The number of methoxy groups -OCH3 is 1. The lowest BCUT2D eigenvalue weighted by atomic mass is 9.69. The van der Waals surface area contributed by atoms with E-state index in [0.29, 0.717) is 6.61 Å². The first-order chi connectivity index (χ1) is 11.5. The number of alkyl halides is 3. The topological polar surface area (TPSA) is 60.6 Å². The van der Waals surface area contributed by atoms with Crippen LogP contribution in [-0.4, -0.2) is 62.3 Å². The fourth-order valence-electron chi connectivity index (χ4n) is 3.49. The minimum Gasteiger partial charge on any atom is -0.373 e. The van der Waals surface area contributed by atoms with Gasteiger partial charge in [-0.1, -0.05) is 0 Å². The van der Waals surface area contributed by atoms with Crippen molar-refractivity contribution in [1.82, 2.24) is 0 Å². The highest BCUT2D eigenvalue weighted by Crippen LogP contribution is 2.58. The van der Waals surface area contributed by atoms with Crippen LogP contribution in [0.4, 0.5) is 13.2 Å². The van der Waals surface area contributed by atoms with Crippen LogP contribution in [0.1, 0.15) is 28.9 Å². The van der Waals surface area contributed by atoms with E-state index in [1.54, 1.807) is 6.92 Å². The predicted octanol–water partition coefficient (Wildman–Crippen LogP) is 1.88. The summed E-state index contributed by atoms with van der Waals surface area (Å²) in [6.45, 7) is 0.537. The molecule has 0 bridgehead atoms. The monoisotopic (exact) mass is 340 g/mol. The van der Waals surface area contributed by atoms with Crippen LogP contribution in [0.3, 0.4) is 0 Å². The van der Waals surface area contributed by atoms with Crippen molar-refractivity contribution in [2.45, 2.75) is 55.7 Å². The molecule has 3 fully saturated rings. The highest BCUT2D eigenvalue weighted by atomic mass is 19.4. The zero-order chi connectivity index (χ0) is 18.7. The standard InChI is InChI=1S/C15H21F3O5/c1-13(10(23-13)4-6-21-8-15(16,17)18)12-11(20-2)9(19)3-5-14(12)7-22-14/h10-12H,3-8H2,1-2H3/t10-,11-,12-,13?,14+/m1/s1/i3D,11D/t3?,10-,11-,12-,13?,14+. The van der Waals surface area contributed by atoms with E-state index in [0.717, 1.165) is 0 Å². The predicted molar refractivity (Wildman–Crippen MR) is 72.0 cm³/mol. The second-order valence-electron chi connectivity index (χ2n) is 6.37. The van der Waals surface area contributed by atoms with Crippen LogP contribution in [0.5, 0.6) is 0 Å². The minimum absolute atomic E-state index is 0.145. The number of ether oxygens (including phenoxy) is 4. The van der Waals surface area contributed by atoms with E-state index in [2.05, 4.69) is 4.74 Å². The first-order valence-corrected chi connectivity index (χ1v) is 7.46. The number of rotatable bonds is 6. The summed E-state index contributed by atoms with van der Waals surface area (Å²) in [5.74, 6) is -1.40. The Kier molecular flexibility index (Phi) is 3.61. The van der Waals surface area contributed by atoms with Gasteiger partial charge in [-0.25, -0.2) is 0 Å². The summed E-state index contributed by atoms with van der Waals surface area (Å²) in [6.07, 6.45) is -7.55. The number of hydrogen-bond acceptors (Lipinski definition) is 5. The van der Waals surface area contributed by atoms with Gasteiger partial charge in [0.25, 0.3) is 0 Å². The Bertz CT molecular complexity index is 556. The fourth-order valence-corrected chi connectivity index (χ4v) is 3.49. The molecule has 2 unspecified atom stereocenters. The molecule has 8 heteroatoms. The van der Waals surface area contributed by atoms with Crippen LogP contribution in [0.25, 0.3) is 0 Å². The van der Waals surface area contributed by atoms with Gasteiger partial charge in [0, 0.05) is 21.5 Å². The average Bonchev–Trinajstić information content (AvgIpc) is 3.40. The Hall–Kier alpha value is -0.700. The molecule has 6 atom stereocenters.